The molecule has 0 spiro atoms. The van der Waals surface area contributed by atoms with Crippen LogP contribution < -0.4 is 0 Å². The Morgan fingerprint density at radius 1 is 0.955 bits per heavy atom. The zero-order valence-corrected chi connectivity index (χ0v) is 12.3. The second-order valence-corrected chi connectivity index (χ2v) is 5.40. The van der Waals surface area contributed by atoms with E-state index in [4.69, 9.17) is 0 Å². The zero-order valence-electron chi connectivity index (χ0n) is 12.3. The van der Waals surface area contributed by atoms with Crippen molar-refractivity contribution in [3.63, 3.8) is 0 Å². The van der Waals surface area contributed by atoms with Crippen LogP contribution in [-0.2, 0) is 13.1 Å². The van der Waals surface area contributed by atoms with Crippen LogP contribution in [-0.4, -0.2) is 16.9 Å². The third-order valence-electron chi connectivity index (χ3n) is 3.61. The lowest BCUT2D eigenvalue weighted by Gasteiger charge is -2.18. The van der Waals surface area contributed by atoms with Gasteiger partial charge in [-0.15, -0.1) is 0 Å². The van der Waals surface area contributed by atoms with Crippen LogP contribution in [0.4, 0.5) is 8.78 Å². The van der Waals surface area contributed by atoms with Gasteiger partial charge in [0.1, 0.15) is 11.6 Å². The van der Waals surface area contributed by atoms with E-state index in [1.54, 1.807) is 6.20 Å². The lowest BCUT2D eigenvalue weighted by atomic mass is 10.1. The molecule has 4 heteroatoms. The van der Waals surface area contributed by atoms with Gasteiger partial charge in [0.25, 0.3) is 0 Å². The van der Waals surface area contributed by atoms with E-state index in [2.05, 4.69) is 4.98 Å². The number of halogens is 2. The fourth-order valence-corrected chi connectivity index (χ4v) is 2.58. The lowest BCUT2D eigenvalue weighted by Crippen LogP contribution is -2.18. The van der Waals surface area contributed by atoms with Crippen LogP contribution in [0, 0.1) is 11.6 Å². The topological polar surface area (TPSA) is 16.1 Å². The number of benzene rings is 2. The predicted molar refractivity (Wildman–Crippen MR) is 83.3 cm³/mol. The van der Waals surface area contributed by atoms with E-state index in [0.29, 0.717) is 18.7 Å². The van der Waals surface area contributed by atoms with Crippen molar-refractivity contribution in [2.24, 2.45) is 0 Å². The maximum absolute atomic E-state index is 13.7. The molecule has 1 aromatic heterocycles. The van der Waals surface area contributed by atoms with E-state index in [0.717, 1.165) is 22.5 Å². The fraction of sp³-hybridized carbons (Fsp3) is 0.167. The van der Waals surface area contributed by atoms with Gasteiger partial charge in [-0.05, 0) is 24.7 Å². The largest absolute Gasteiger partial charge is 0.298 e. The number of hydrogen-bond acceptors (Lipinski definition) is 2. The van der Waals surface area contributed by atoms with E-state index in [1.165, 1.54) is 12.1 Å². The van der Waals surface area contributed by atoms with E-state index in [9.17, 15) is 8.78 Å². The monoisotopic (exact) mass is 298 g/mol. The van der Waals surface area contributed by atoms with Gasteiger partial charge in [-0.25, -0.2) is 8.78 Å². The van der Waals surface area contributed by atoms with Crippen LogP contribution in [0.15, 0.2) is 54.7 Å². The van der Waals surface area contributed by atoms with Crippen molar-refractivity contribution < 1.29 is 8.78 Å². The Hall–Kier alpha value is -2.33. The molecule has 2 aromatic carbocycles. The number of para-hydroxylation sites is 1. The third-order valence-corrected chi connectivity index (χ3v) is 3.61. The Balaban J connectivity index is 1.80. The molecular weight excluding hydrogens is 282 g/mol. The predicted octanol–water partition coefficient (Wildman–Crippen LogP) is 4.15. The first-order valence-electron chi connectivity index (χ1n) is 7.08. The Kier molecular flexibility index (Phi) is 4.11. The van der Waals surface area contributed by atoms with E-state index in [1.807, 2.05) is 42.3 Å². The van der Waals surface area contributed by atoms with Crippen LogP contribution in [0.25, 0.3) is 10.9 Å². The van der Waals surface area contributed by atoms with E-state index >= 15 is 0 Å². The van der Waals surface area contributed by atoms with E-state index < -0.39 is 11.6 Å². The van der Waals surface area contributed by atoms with Gasteiger partial charge in [0.2, 0.25) is 0 Å². The molecule has 0 saturated heterocycles. The molecule has 3 rings (SSSR count). The summed E-state index contributed by atoms with van der Waals surface area (Å²) in [7, 11) is 1.91. The molecule has 112 valence electrons. The van der Waals surface area contributed by atoms with Crippen molar-refractivity contribution in [2.45, 2.75) is 13.1 Å². The van der Waals surface area contributed by atoms with Gasteiger partial charge in [-0.3, -0.25) is 9.88 Å². The number of pyridine rings is 1. The molecule has 0 atom stereocenters. The van der Waals surface area contributed by atoms with Gasteiger partial charge in [-0.2, -0.15) is 0 Å². The molecule has 2 nitrogen and oxygen atoms in total. The third kappa shape index (κ3) is 3.12. The number of fused-ring (bicyclic) bond motifs is 1. The van der Waals surface area contributed by atoms with Gasteiger partial charge >= 0.3 is 0 Å². The SMILES string of the molecule is CN(Cc1ccc(F)cc1F)Cc1cccc2cccnc12. The summed E-state index contributed by atoms with van der Waals surface area (Å²) in [4.78, 5) is 6.41. The summed E-state index contributed by atoms with van der Waals surface area (Å²) < 4.78 is 26.7. The van der Waals surface area contributed by atoms with Gasteiger partial charge < -0.3 is 0 Å². The first-order chi connectivity index (χ1) is 10.6. The molecule has 0 aliphatic carbocycles. The Labute approximate surface area is 128 Å². The van der Waals surface area contributed by atoms with Crippen LogP contribution in [0.3, 0.4) is 0 Å². The maximum atomic E-state index is 13.7. The average molecular weight is 298 g/mol. The quantitative estimate of drug-likeness (QED) is 0.719. The smallest absolute Gasteiger partial charge is 0.130 e. The number of aromatic nitrogens is 1. The van der Waals surface area contributed by atoms with Crippen LogP contribution in [0.2, 0.25) is 0 Å². The van der Waals surface area contributed by atoms with E-state index in [-0.39, 0.29) is 0 Å². The van der Waals surface area contributed by atoms with Gasteiger partial charge in [-0.1, -0.05) is 30.3 Å². The summed E-state index contributed by atoms with van der Waals surface area (Å²) in [6.07, 6.45) is 1.77. The fourth-order valence-electron chi connectivity index (χ4n) is 2.58. The lowest BCUT2D eigenvalue weighted by molar-refractivity contribution is 0.314. The summed E-state index contributed by atoms with van der Waals surface area (Å²) in [5.74, 6) is -1.06. The van der Waals surface area contributed by atoms with Gasteiger partial charge in [0.15, 0.2) is 0 Å². The first kappa shape index (κ1) is 14.6. The number of nitrogens with zero attached hydrogens (tertiary/aromatic N) is 2. The molecule has 0 aliphatic heterocycles. The Morgan fingerprint density at radius 2 is 1.73 bits per heavy atom. The minimum atomic E-state index is -0.554. The standard InChI is InChI=1S/C18H16F2N2/c1-22(11-14-7-8-16(19)10-17(14)20)12-15-5-2-4-13-6-3-9-21-18(13)15/h2-10H,11-12H2,1H3. The summed E-state index contributed by atoms with van der Waals surface area (Å²) in [5, 5.41) is 1.08. The van der Waals surface area contributed by atoms with Gasteiger partial charge in [0.05, 0.1) is 5.52 Å². The van der Waals surface area contributed by atoms with Crippen molar-refractivity contribution in [3.05, 3.63) is 77.5 Å². The minimum Gasteiger partial charge on any atom is -0.298 e. The molecule has 22 heavy (non-hydrogen) atoms. The minimum absolute atomic E-state index is 0.412. The highest BCUT2D eigenvalue weighted by Gasteiger charge is 2.09. The second kappa shape index (κ2) is 6.20. The average Bonchev–Trinajstić information content (AvgIpc) is 2.50. The summed E-state index contributed by atoms with van der Waals surface area (Å²) in [6, 6.07) is 13.6. The zero-order chi connectivity index (χ0) is 15.5. The number of rotatable bonds is 4. The second-order valence-electron chi connectivity index (χ2n) is 5.40. The molecule has 0 aliphatic rings. The summed E-state index contributed by atoms with van der Waals surface area (Å²) >= 11 is 0. The highest BCUT2D eigenvalue weighted by atomic mass is 19.1. The summed E-state index contributed by atoms with van der Waals surface area (Å²) in [6.45, 7) is 1.06. The van der Waals surface area contributed by atoms with Gasteiger partial charge in [0, 0.05) is 36.3 Å². The molecule has 0 unspecified atom stereocenters. The molecule has 0 bridgehead atoms. The summed E-state index contributed by atoms with van der Waals surface area (Å²) in [5.41, 5.74) is 2.52. The van der Waals surface area contributed by atoms with Crippen LogP contribution in [0.1, 0.15) is 11.1 Å². The van der Waals surface area contributed by atoms with Crippen molar-refractivity contribution in [3.8, 4) is 0 Å². The molecule has 0 N–H and O–H groups in total. The van der Waals surface area contributed by atoms with Crippen molar-refractivity contribution in [1.29, 1.82) is 0 Å². The van der Waals surface area contributed by atoms with Crippen molar-refractivity contribution in [2.75, 3.05) is 7.05 Å². The maximum Gasteiger partial charge on any atom is 0.130 e. The molecule has 0 saturated carbocycles. The van der Waals surface area contributed by atoms with Crippen LogP contribution in [0.5, 0.6) is 0 Å². The Morgan fingerprint density at radius 3 is 2.55 bits per heavy atom. The molecule has 0 radical (unpaired) electrons. The molecule has 1 heterocycles. The highest BCUT2D eigenvalue weighted by Crippen LogP contribution is 2.19. The number of hydrogen-bond donors (Lipinski definition) is 0. The normalized spacial score (nSPS) is 11.3. The molecule has 0 fully saturated rings. The first-order valence-corrected chi connectivity index (χ1v) is 7.08. The molecule has 3 aromatic rings. The highest BCUT2D eigenvalue weighted by molar-refractivity contribution is 5.81. The Bertz CT molecular complexity index is 797. The molecule has 0 amide bonds. The molecular formula is C18H16F2N2. The van der Waals surface area contributed by atoms with Crippen molar-refractivity contribution in [1.82, 2.24) is 9.88 Å². The van der Waals surface area contributed by atoms with Crippen molar-refractivity contribution >= 4 is 10.9 Å². The van der Waals surface area contributed by atoms with Crippen LogP contribution >= 0.6 is 0 Å².